The van der Waals surface area contributed by atoms with Gasteiger partial charge in [0.15, 0.2) is 0 Å². The molecule has 0 aromatic rings. The second kappa shape index (κ2) is 45.1. The van der Waals surface area contributed by atoms with Crippen molar-refractivity contribution in [2.75, 3.05) is 91.7 Å². The second-order valence-electron chi connectivity index (χ2n) is 33.0. The Hall–Kier alpha value is -0.320. The minimum atomic E-state index is 0. The summed E-state index contributed by atoms with van der Waals surface area (Å²) in [5.74, 6) is 2.43. The number of rotatable bonds is 8. The molecule has 3 rings (SSSR count). The van der Waals surface area contributed by atoms with Crippen molar-refractivity contribution in [3.63, 3.8) is 0 Å². The maximum absolute atomic E-state index is 5.23. The zero-order chi connectivity index (χ0) is 63.4. The minimum Gasteiger partial charge on any atom is -0.376 e. The van der Waals surface area contributed by atoms with Crippen LogP contribution in [-0.2, 0) is 4.74 Å². The molecule has 0 bridgehead atoms. The van der Waals surface area contributed by atoms with Crippen LogP contribution in [-0.4, -0.2) is 145 Å². The van der Waals surface area contributed by atoms with E-state index in [4.69, 9.17) is 4.74 Å². The third kappa shape index (κ3) is 66.7. The van der Waals surface area contributed by atoms with Gasteiger partial charge in [0, 0.05) is 87.2 Å². The molecular formula is C71H163N7O. The van der Waals surface area contributed by atoms with Gasteiger partial charge in [-0.15, -0.1) is 0 Å². The minimum absolute atomic E-state index is 0. The molecule has 0 radical (unpaired) electrons. The van der Waals surface area contributed by atoms with E-state index < -0.39 is 0 Å². The third-order valence-electron chi connectivity index (χ3n) is 15.0. The molecule has 0 aliphatic carbocycles. The first-order valence-electron chi connectivity index (χ1n) is 32.5. The highest BCUT2D eigenvalue weighted by atomic mass is 16.5. The number of hydrogen-bond donors (Lipinski definition) is 3. The highest BCUT2D eigenvalue weighted by Crippen LogP contribution is 2.31. The Morgan fingerprint density at radius 2 is 0.785 bits per heavy atom. The molecule has 0 aromatic heterocycles. The third-order valence-corrected chi connectivity index (χ3v) is 15.0. The summed E-state index contributed by atoms with van der Waals surface area (Å²) < 4.78 is 5.23. The predicted octanol–water partition coefficient (Wildman–Crippen LogP) is 19.1. The van der Waals surface area contributed by atoms with Crippen LogP contribution in [0.5, 0.6) is 0 Å². The summed E-state index contributed by atoms with van der Waals surface area (Å²) in [6, 6.07) is 0.762. The molecule has 8 nitrogen and oxygen atoms in total. The van der Waals surface area contributed by atoms with Crippen molar-refractivity contribution in [3.8, 4) is 0 Å². The number of nitrogens with one attached hydrogen (secondary N) is 3. The van der Waals surface area contributed by atoms with Crippen LogP contribution in [0.2, 0.25) is 0 Å². The van der Waals surface area contributed by atoms with Crippen LogP contribution >= 0.6 is 0 Å². The average Bonchev–Trinajstić information content (AvgIpc) is 3.80. The molecule has 0 spiro atoms. The maximum Gasteiger partial charge on any atom is 0.0598 e. The first-order chi connectivity index (χ1) is 34.7. The van der Waals surface area contributed by atoms with Gasteiger partial charge in [-0.3, -0.25) is 9.80 Å². The van der Waals surface area contributed by atoms with Crippen molar-refractivity contribution < 1.29 is 4.74 Å². The molecule has 8 heteroatoms. The molecule has 3 saturated heterocycles. The van der Waals surface area contributed by atoms with Gasteiger partial charge in [-0.2, -0.15) is 0 Å². The quantitative estimate of drug-likeness (QED) is 0.222. The van der Waals surface area contributed by atoms with Crippen LogP contribution in [0.1, 0.15) is 303 Å². The van der Waals surface area contributed by atoms with Crippen LogP contribution in [0.15, 0.2) is 0 Å². The van der Waals surface area contributed by atoms with Crippen LogP contribution in [0.4, 0.5) is 0 Å². The molecule has 79 heavy (non-hydrogen) atoms. The van der Waals surface area contributed by atoms with Gasteiger partial charge < -0.3 is 30.5 Å². The van der Waals surface area contributed by atoms with E-state index in [9.17, 15) is 0 Å². The van der Waals surface area contributed by atoms with E-state index in [1.54, 1.807) is 0 Å². The summed E-state index contributed by atoms with van der Waals surface area (Å²) in [6.07, 6.45) is 6.57. The highest BCUT2D eigenvalue weighted by molar-refractivity contribution is 4.85. The van der Waals surface area contributed by atoms with Crippen LogP contribution in [0.25, 0.3) is 0 Å². The molecule has 3 fully saturated rings. The van der Waals surface area contributed by atoms with Crippen LogP contribution < -0.4 is 16.0 Å². The Morgan fingerprint density at radius 3 is 0.873 bits per heavy atom. The van der Waals surface area contributed by atoms with Crippen molar-refractivity contribution in [2.24, 2.45) is 39.4 Å². The lowest BCUT2D eigenvalue weighted by atomic mass is 9.76. The van der Waals surface area contributed by atoms with Gasteiger partial charge in [0.05, 0.1) is 5.60 Å². The van der Waals surface area contributed by atoms with Gasteiger partial charge in [0.25, 0.3) is 0 Å². The summed E-state index contributed by atoms with van der Waals surface area (Å²) in [7, 11) is 0. The SMILES string of the molecule is C.CC(C)(C)C1CCCN1.CC(C)C(C)(C)C.CC(C)C(C)C(C)(C)C.CCC(C)(C)C.CCCN1CCN(C(C)(C)C)CC1.CCCN1CCN(C(C)(C)C)CC1.CCNC(C)(C)C.CCNC(C)(C)C.CCOC(C)(C)C. The average molecular weight is 1130 g/mol. The molecule has 0 amide bonds. The van der Waals surface area contributed by atoms with Gasteiger partial charge in [-0.05, 0) is 209 Å². The van der Waals surface area contributed by atoms with Gasteiger partial charge in [-0.25, -0.2) is 0 Å². The molecule has 3 aliphatic rings. The van der Waals surface area contributed by atoms with Gasteiger partial charge >= 0.3 is 0 Å². The number of nitrogens with zero attached hydrogens (tertiary/aromatic N) is 4. The molecule has 2 unspecified atom stereocenters. The number of hydrogen-bond acceptors (Lipinski definition) is 8. The van der Waals surface area contributed by atoms with E-state index in [1.165, 1.54) is 104 Å². The lowest BCUT2D eigenvalue weighted by molar-refractivity contribution is 0.00531. The van der Waals surface area contributed by atoms with E-state index in [1.807, 2.05) is 6.92 Å². The monoisotopic (exact) mass is 1130 g/mol. The number of piperazine rings is 2. The maximum atomic E-state index is 5.23. The Balaban J connectivity index is -0.000000150. The summed E-state index contributed by atoms with van der Waals surface area (Å²) in [5.41, 5.74) is 3.36. The topological polar surface area (TPSA) is 58.3 Å². The van der Waals surface area contributed by atoms with Crippen molar-refractivity contribution in [1.82, 2.24) is 35.6 Å². The fourth-order valence-corrected chi connectivity index (χ4v) is 7.83. The van der Waals surface area contributed by atoms with Gasteiger partial charge in [0.2, 0.25) is 0 Å². The summed E-state index contributed by atoms with van der Waals surface area (Å²) in [5, 5.41) is 10.1. The van der Waals surface area contributed by atoms with E-state index in [2.05, 4.69) is 292 Å². The van der Waals surface area contributed by atoms with Crippen molar-refractivity contribution >= 4 is 0 Å². The largest absolute Gasteiger partial charge is 0.376 e. The van der Waals surface area contributed by atoms with E-state index in [0.717, 1.165) is 43.5 Å². The van der Waals surface area contributed by atoms with E-state index >= 15 is 0 Å². The van der Waals surface area contributed by atoms with Gasteiger partial charge in [0.1, 0.15) is 0 Å². The Labute approximate surface area is 505 Å². The fraction of sp³-hybridized carbons (Fsp3) is 1.00. The zero-order valence-corrected chi connectivity index (χ0v) is 61.9. The predicted molar refractivity (Wildman–Crippen MR) is 369 cm³/mol. The highest BCUT2D eigenvalue weighted by Gasteiger charge is 2.28. The van der Waals surface area contributed by atoms with Crippen molar-refractivity contribution in [1.29, 1.82) is 0 Å². The Kier molecular flexibility index (Phi) is 52.7. The normalized spacial score (nSPS) is 17.7. The van der Waals surface area contributed by atoms with Crippen LogP contribution in [0, 0.1) is 39.4 Å². The molecule has 0 saturated carbocycles. The van der Waals surface area contributed by atoms with E-state index in [-0.39, 0.29) is 13.0 Å². The van der Waals surface area contributed by atoms with Gasteiger partial charge in [-0.1, -0.05) is 166 Å². The molecule has 3 heterocycles. The molecular weight excluding hydrogens is 967 g/mol. The molecule has 488 valence electrons. The summed E-state index contributed by atoms with van der Waals surface area (Å²) >= 11 is 0. The lowest BCUT2D eigenvalue weighted by Gasteiger charge is -2.42. The van der Waals surface area contributed by atoms with E-state index in [0.29, 0.717) is 43.8 Å². The Bertz CT molecular complexity index is 1190. The lowest BCUT2D eigenvalue weighted by Crippen LogP contribution is -2.53. The first kappa shape index (κ1) is 92.4. The fourth-order valence-electron chi connectivity index (χ4n) is 7.83. The first-order valence-corrected chi connectivity index (χ1v) is 32.5. The summed E-state index contributed by atoms with van der Waals surface area (Å²) in [4.78, 5) is 10.3. The smallest absolute Gasteiger partial charge is 0.0598 e. The number of ether oxygens (including phenoxy) is 1. The standard InChI is InChI=1S/2C11H24N2.C9H20.C8H17N.C7H16.2C6H15N.C6H14O.C6H14.CH4/c2*1-5-6-12-7-9-13(10-8-12)11(2,3)4;1-7(2)8(3)9(4,5)6;1-8(2,3)7-5-4-6-9-7;1-6(2)7(3,4)5;3*1-5-7-6(2,3)4;1-5-6(2,3)4;/h2*5-10H2,1-4H3;7-8H,1-6H3;7,9H,4-6H2,1-3H3;6H,1-5H3;2*7H,5H2,1-4H3;5H2,1-4H3;5H2,1-4H3;1H4. The molecule has 3 N–H and O–H groups in total. The molecule has 2 atom stereocenters. The molecule has 0 aromatic carbocycles. The van der Waals surface area contributed by atoms with Crippen LogP contribution in [0.3, 0.4) is 0 Å². The van der Waals surface area contributed by atoms with Crippen molar-refractivity contribution in [3.05, 3.63) is 0 Å². The summed E-state index contributed by atoms with van der Waals surface area (Å²) in [6.45, 7) is 101. The zero-order valence-electron chi connectivity index (χ0n) is 61.9. The Morgan fingerprint density at radius 1 is 0.481 bits per heavy atom. The molecule has 3 aliphatic heterocycles. The second-order valence-corrected chi connectivity index (χ2v) is 33.0. The van der Waals surface area contributed by atoms with Crippen molar-refractivity contribution in [2.45, 2.75) is 336 Å².